The molecule has 2 rings (SSSR count). The molecule has 1 aromatic heterocycles. The first-order chi connectivity index (χ1) is 7.59. The van der Waals surface area contributed by atoms with Crippen molar-refractivity contribution in [3.05, 3.63) is 56.5 Å². The van der Waals surface area contributed by atoms with Crippen LogP contribution in [0.4, 0.5) is 4.39 Å². The van der Waals surface area contributed by atoms with Gasteiger partial charge in [0, 0.05) is 4.88 Å². The maximum absolute atomic E-state index is 13.3. The molecule has 1 aromatic carbocycles. The van der Waals surface area contributed by atoms with E-state index in [0.29, 0.717) is 5.56 Å². The second-order valence-electron chi connectivity index (χ2n) is 3.61. The highest BCUT2D eigenvalue weighted by molar-refractivity contribution is 7.10. The number of benzene rings is 1. The van der Waals surface area contributed by atoms with Crippen LogP contribution in [0.2, 0.25) is 5.02 Å². The van der Waals surface area contributed by atoms with E-state index in [1.54, 1.807) is 23.5 Å². The van der Waals surface area contributed by atoms with Crippen molar-refractivity contribution in [1.29, 1.82) is 0 Å². The van der Waals surface area contributed by atoms with E-state index in [9.17, 15) is 4.39 Å². The van der Waals surface area contributed by atoms with Crippen LogP contribution in [0.1, 0.15) is 22.0 Å². The third-order valence-corrected chi connectivity index (χ3v) is 3.70. The molecule has 2 N–H and O–H groups in total. The molecule has 0 saturated heterocycles. The quantitative estimate of drug-likeness (QED) is 0.866. The lowest BCUT2D eigenvalue weighted by Gasteiger charge is -2.12. The average molecular weight is 256 g/mol. The van der Waals surface area contributed by atoms with Crippen molar-refractivity contribution in [2.75, 3.05) is 0 Å². The molecular formula is C12H11ClFNS. The van der Waals surface area contributed by atoms with E-state index in [2.05, 4.69) is 0 Å². The summed E-state index contributed by atoms with van der Waals surface area (Å²) < 4.78 is 13.3. The fourth-order valence-electron chi connectivity index (χ4n) is 1.57. The lowest BCUT2D eigenvalue weighted by atomic mass is 10.0. The standard InChI is InChI=1S/C12H11ClFNS/c1-7-5-8(6-16-7)12(15)9-3-2-4-10(14)11(9)13/h2-6,12H,15H2,1H3. The molecule has 16 heavy (non-hydrogen) atoms. The predicted molar refractivity (Wildman–Crippen MR) is 66.5 cm³/mol. The largest absolute Gasteiger partial charge is 0.320 e. The van der Waals surface area contributed by atoms with Gasteiger partial charge in [-0.1, -0.05) is 23.7 Å². The van der Waals surface area contributed by atoms with Crippen molar-refractivity contribution in [2.24, 2.45) is 5.73 Å². The highest BCUT2D eigenvalue weighted by Gasteiger charge is 2.15. The highest BCUT2D eigenvalue weighted by atomic mass is 35.5. The van der Waals surface area contributed by atoms with Gasteiger partial charge in [-0.2, -0.15) is 0 Å². The van der Waals surface area contributed by atoms with Crippen LogP contribution in [-0.2, 0) is 0 Å². The Morgan fingerprint density at radius 1 is 1.44 bits per heavy atom. The highest BCUT2D eigenvalue weighted by Crippen LogP contribution is 2.30. The van der Waals surface area contributed by atoms with Crippen molar-refractivity contribution >= 4 is 22.9 Å². The SMILES string of the molecule is Cc1cc(C(N)c2cccc(F)c2Cl)cs1. The van der Waals surface area contributed by atoms with E-state index in [1.165, 1.54) is 10.9 Å². The molecule has 0 bridgehead atoms. The Balaban J connectivity index is 2.41. The van der Waals surface area contributed by atoms with Crippen molar-refractivity contribution in [2.45, 2.75) is 13.0 Å². The summed E-state index contributed by atoms with van der Waals surface area (Å²) >= 11 is 7.51. The van der Waals surface area contributed by atoms with Crippen LogP contribution in [-0.4, -0.2) is 0 Å². The summed E-state index contributed by atoms with van der Waals surface area (Å²) in [6.07, 6.45) is 0. The number of rotatable bonds is 2. The summed E-state index contributed by atoms with van der Waals surface area (Å²) in [6, 6.07) is 6.33. The lowest BCUT2D eigenvalue weighted by Crippen LogP contribution is -2.11. The summed E-state index contributed by atoms with van der Waals surface area (Å²) in [5.41, 5.74) is 7.65. The van der Waals surface area contributed by atoms with Crippen molar-refractivity contribution < 1.29 is 4.39 Å². The fourth-order valence-corrected chi connectivity index (χ4v) is 2.55. The molecule has 0 fully saturated rings. The molecule has 1 atom stereocenters. The molecular weight excluding hydrogens is 245 g/mol. The van der Waals surface area contributed by atoms with Crippen LogP contribution in [0.25, 0.3) is 0 Å². The van der Waals surface area contributed by atoms with Gasteiger partial charge in [0.1, 0.15) is 5.82 Å². The lowest BCUT2D eigenvalue weighted by molar-refractivity contribution is 0.624. The second-order valence-corrected chi connectivity index (χ2v) is 5.10. The smallest absolute Gasteiger partial charge is 0.142 e. The molecule has 84 valence electrons. The number of halogens is 2. The van der Waals surface area contributed by atoms with E-state index in [1.807, 2.05) is 18.4 Å². The molecule has 0 aliphatic rings. The summed E-state index contributed by atoms with van der Waals surface area (Å²) in [5.74, 6) is -0.429. The summed E-state index contributed by atoms with van der Waals surface area (Å²) in [4.78, 5) is 1.18. The van der Waals surface area contributed by atoms with Gasteiger partial charge in [-0.3, -0.25) is 0 Å². The van der Waals surface area contributed by atoms with Gasteiger partial charge in [-0.25, -0.2) is 4.39 Å². The predicted octanol–water partition coefficient (Wildman–Crippen LogP) is 3.90. The van der Waals surface area contributed by atoms with Crippen LogP contribution >= 0.6 is 22.9 Å². The van der Waals surface area contributed by atoms with E-state index in [-0.39, 0.29) is 11.1 Å². The maximum Gasteiger partial charge on any atom is 0.142 e. The molecule has 0 aliphatic carbocycles. The summed E-state index contributed by atoms with van der Waals surface area (Å²) in [7, 11) is 0. The Labute approximate surface area is 103 Å². The number of aryl methyl sites for hydroxylation is 1. The van der Waals surface area contributed by atoms with Crippen molar-refractivity contribution in [3.63, 3.8) is 0 Å². The van der Waals surface area contributed by atoms with Gasteiger partial charge in [0.15, 0.2) is 0 Å². The number of thiophene rings is 1. The first kappa shape index (κ1) is 11.6. The van der Waals surface area contributed by atoms with Crippen molar-refractivity contribution in [3.8, 4) is 0 Å². The van der Waals surface area contributed by atoms with Crippen LogP contribution < -0.4 is 5.73 Å². The molecule has 0 aliphatic heterocycles. The van der Waals surface area contributed by atoms with Gasteiger partial charge in [-0.15, -0.1) is 11.3 Å². The summed E-state index contributed by atoms with van der Waals surface area (Å²) in [5, 5.41) is 2.08. The van der Waals surface area contributed by atoms with Crippen LogP contribution in [0, 0.1) is 12.7 Å². The van der Waals surface area contributed by atoms with Gasteiger partial charge in [0.2, 0.25) is 0 Å². The molecule has 2 aromatic rings. The first-order valence-electron chi connectivity index (χ1n) is 4.84. The minimum atomic E-state index is -0.429. The van der Waals surface area contributed by atoms with Gasteiger partial charge in [0.25, 0.3) is 0 Å². The van der Waals surface area contributed by atoms with Crippen molar-refractivity contribution in [1.82, 2.24) is 0 Å². The van der Waals surface area contributed by atoms with Crippen LogP contribution in [0.5, 0.6) is 0 Å². The maximum atomic E-state index is 13.3. The van der Waals surface area contributed by atoms with Crippen LogP contribution in [0.15, 0.2) is 29.6 Å². The van der Waals surface area contributed by atoms with E-state index >= 15 is 0 Å². The molecule has 1 nitrogen and oxygen atoms in total. The number of hydrogen-bond donors (Lipinski definition) is 1. The second kappa shape index (κ2) is 4.53. The third kappa shape index (κ3) is 2.12. The molecule has 0 radical (unpaired) electrons. The zero-order valence-corrected chi connectivity index (χ0v) is 10.3. The Hall–Kier alpha value is -0.900. The van der Waals surface area contributed by atoms with E-state index in [0.717, 1.165) is 5.56 Å². The molecule has 1 heterocycles. The summed E-state index contributed by atoms with van der Waals surface area (Å²) in [6.45, 7) is 2.01. The van der Waals surface area contributed by atoms with Gasteiger partial charge < -0.3 is 5.73 Å². The fraction of sp³-hybridized carbons (Fsp3) is 0.167. The van der Waals surface area contributed by atoms with Gasteiger partial charge >= 0.3 is 0 Å². The van der Waals surface area contributed by atoms with Gasteiger partial charge in [0.05, 0.1) is 11.1 Å². The zero-order chi connectivity index (χ0) is 11.7. The Morgan fingerprint density at radius 3 is 2.81 bits per heavy atom. The number of hydrogen-bond acceptors (Lipinski definition) is 2. The zero-order valence-electron chi connectivity index (χ0n) is 8.71. The van der Waals surface area contributed by atoms with E-state index in [4.69, 9.17) is 17.3 Å². The molecule has 0 saturated carbocycles. The molecule has 0 spiro atoms. The normalized spacial score (nSPS) is 12.8. The molecule has 4 heteroatoms. The minimum Gasteiger partial charge on any atom is -0.320 e. The number of nitrogens with two attached hydrogens (primary N) is 1. The van der Waals surface area contributed by atoms with Crippen LogP contribution in [0.3, 0.4) is 0 Å². The van der Waals surface area contributed by atoms with Gasteiger partial charge in [-0.05, 0) is 35.6 Å². The topological polar surface area (TPSA) is 26.0 Å². The third-order valence-electron chi connectivity index (χ3n) is 2.43. The molecule has 1 unspecified atom stereocenters. The van der Waals surface area contributed by atoms with E-state index < -0.39 is 5.82 Å². The monoisotopic (exact) mass is 255 g/mol. The Morgan fingerprint density at radius 2 is 2.19 bits per heavy atom. The Kier molecular flexibility index (Phi) is 3.28. The Bertz CT molecular complexity index is 509. The minimum absolute atomic E-state index is 0.110. The average Bonchev–Trinajstić information content (AvgIpc) is 2.68. The first-order valence-corrected chi connectivity index (χ1v) is 6.10. The molecule has 0 amide bonds.